The minimum Gasteiger partial charge on any atom is -0.0878 e. The van der Waals surface area contributed by atoms with E-state index in [0.29, 0.717) is 0 Å². The van der Waals surface area contributed by atoms with Crippen molar-refractivity contribution in [1.29, 1.82) is 0 Å². The van der Waals surface area contributed by atoms with E-state index in [1.54, 1.807) is 0 Å². The average molecular weight is 341 g/mol. The summed E-state index contributed by atoms with van der Waals surface area (Å²) in [6, 6.07) is 32.5. The zero-order chi connectivity index (χ0) is 16.5. The van der Waals surface area contributed by atoms with Gasteiger partial charge >= 0.3 is 0 Å². The molecule has 0 aliphatic rings. The van der Waals surface area contributed by atoms with Gasteiger partial charge in [-0.05, 0) is 43.1 Å². The fourth-order valence-corrected chi connectivity index (χ4v) is 4.91. The molecule has 0 spiro atoms. The Bertz CT molecular complexity index is 699. The van der Waals surface area contributed by atoms with Crippen molar-refractivity contribution >= 4 is 26.9 Å². The normalized spacial score (nSPS) is 10.8. The van der Waals surface area contributed by atoms with Crippen LogP contribution >= 0.6 is 7.92 Å². The zero-order valence-corrected chi connectivity index (χ0v) is 15.4. The molecule has 0 aliphatic heterocycles. The van der Waals surface area contributed by atoms with Crippen LogP contribution in [-0.4, -0.2) is 14.6 Å². The minimum absolute atomic E-state index is 0. The van der Waals surface area contributed by atoms with E-state index in [4.69, 9.17) is 0 Å². The maximum absolute atomic E-state index is 2.37. The number of hydrogen-bond donors (Lipinski definition) is 0. The Hall–Kier alpha value is -2.11. The lowest BCUT2D eigenvalue weighted by atomic mass is 10.1. The van der Waals surface area contributed by atoms with Crippen molar-refractivity contribution in [3.8, 4) is 0 Å². The monoisotopic (exact) mass is 341 g/mol. The van der Waals surface area contributed by atoms with Crippen LogP contribution in [0.4, 0.5) is 0 Å². The zero-order valence-electron chi connectivity index (χ0n) is 14.5. The highest BCUT2D eigenvalue weighted by Gasteiger charge is 2.11. The molecule has 123 valence electrons. The third-order valence-corrected chi connectivity index (χ3v) is 6.45. The van der Waals surface area contributed by atoms with Gasteiger partial charge in [0.1, 0.15) is 0 Å². The number of rotatable bonds is 7. The van der Waals surface area contributed by atoms with E-state index in [1.807, 2.05) is 0 Å². The second-order valence-electron chi connectivity index (χ2n) is 5.78. The molecule has 3 aromatic carbocycles. The molecule has 0 bridgehead atoms. The summed E-state index contributed by atoms with van der Waals surface area (Å²) in [6.45, 7) is 0. The van der Waals surface area contributed by atoms with E-state index in [-0.39, 0.29) is 16.3 Å². The number of aryl methyl sites for hydroxylation is 1. The summed E-state index contributed by atoms with van der Waals surface area (Å²) in [5, 5.41) is 2.90. The average Bonchev–Trinajstić information content (AvgIpc) is 2.67. The molecular formula is C23H23BP. The van der Waals surface area contributed by atoms with Gasteiger partial charge in [0.15, 0.2) is 0 Å². The lowest BCUT2D eigenvalue weighted by Crippen LogP contribution is -2.12. The molecular weight excluding hydrogens is 318 g/mol. The van der Waals surface area contributed by atoms with Gasteiger partial charge in [-0.1, -0.05) is 103 Å². The molecule has 0 saturated carbocycles. The Morgan fingerprint density at radius 2 is 1.08 bits per heavy atom. The molecule has 0 saturated heterocycles. The molecule has 0 aromatic heterocycles. The topological polar surface area (TPSA) is 0 Å². The summed E-state index contributed by atoms with van der Waals surface area (Å²) in [6.07, 6.45) is 8.05. The molecule has 0 heterocycles. The van der Waals surface area contributed by atoms with Crippen molar-refractivity contribution in [2.45, 2.75) is 12.8 Å². The maximum atomic E-state index is 2.37. The Labute approximate surface area is 155 Å². The van der Waals surface area contributed by atoms with Gasteiger partial charge in [-0.15, -0.1) is 0 Å². The Morgan fingerprint density at radius 3 is 1.60 bits per heavy atom. The van der Waals surface area contributed by atoms with E-state index in [1.165, 1.54) is 16.2 Å². The van der Waals surface area contributed by atoms with Crippen LogP contribution in [0.1, 0.15) is 12.0 Å². The third kappa shape index (κ3) is 6.03. The van der Waals surface area contributed by atoms with Crippen molar-refractivity contribution in [3.05, 3.63) is 109 Å². The molecule has 0 fully saturated rings. The fraction of sp³-hybridized carbons (Fsp3) is 0.130. The van der Waals surface area contributed by atoms with Crippen LogP contribution < -0.4 is 10.6 Å². The predicted molar refractivity (Wildman–Crippen MR) is 114 cm³/mol. The summed E-state index contributed by atoms with van der Waals surface area (Å²) in [5.74, 6) is 0. The van der Waals surface area contributed by atoms with Crippen LogP contribution in [0.5, 0.6) is 0 Å². The minimum atomic E-state index is -0.309. The highest BCUT2D eigenvalue weighted by atomic mass is 31.1. The second kappa shape index (κ2) is 10.7. The van der Waals surface area contributed by atoms with Crippen molar-refractivity contribution in [3.63, 3.8) is 0 Å². The molecule has 3 aromatic rings. The molecule has 0 aliphatic carbocycles. The highest BCUT2D eigenvalue weighted by molar-refractivity contribution is 7.73. The number of allylic oxidation sites excluding steroid dienone is 2. The van der Waals surface area contributed by atoms with Crippen molar-refractivity contribution in [2.75, 3.05) is 6.16 Å². The second-order valence-corrected chi connectivity index (χ2v) is 8.03. The van der Waals surface area contributed by atoms with Crippen LogP contribution in [0.3, 0.4) is 0 Å². The standard InChI is InChI=1S/C23H23P.B/c1-5-13-21(14-6-1)15-7-4-12-20-24(22-16-8-2-9-17-22)23-18-10-3-11-19-23;/h1-6,8-14,16-19H,7,15,20H2;/b12-4+;. The first-order chi connectivity index (χ1) is 11.9. The molecule has 0 unspecified atom stereocenters. The SMILES string of the molecule is C(=C\CP(c1ccccc1)c1ccccc1)/CCc1ccccc1.[B]. The molecule has 0 N–H and O–H groups in total. The predicted octanol–water partition coefficient (Wildman–Crippen LogP) is 4.93. The van der Waals surface area contributed by atoms with E-state index in [2.05, 4.69) is 103 Å². The summed E-state index contributed by atoms with van der Waals surface area (Å²) in [4.78, 5) is 0. The van der Waals surface area contributed by atoms with Gasteiger partial charge in [0.25, 0.3) is 0 Å². The first-order valence-corrected chi connectivity index (χ1v) is 10.0. The van der Waals surface area contributed by atoms with Crippen molar-refractivity contribution in [1.82, 2.24) is 0 Å². The van der Waals surface area contributed by atoms with Gasteiger partial charge in [-0.2, -0.15) is 0 Å². The summed E-state index contributed by atoms with van der Waals surface area (Å²) < 4.78 is 0. The molecule has 3 rings (SSSR count). The summed E-state index contributed by atoms with van der Waals surface area (Å²) in [5.41, 5.74) is 1.41. The smallest absolute Gasteiger partial charge is 0 e. The largest absolute Gasteiger partial charge is 0.0878 e. The molecule has 3 radical (unpaired) electrons. The van der Waals surface area contributed by atoms with Gasteiger partial charge in [0.05, 0.1) is 0 Å². The fourth-order valence-electron chi connectivity index (χ4n) is 2.77. The van der Waals surface area contributed by atoms with Gasteiger partial charge in [-0.25, -0.2) is 0 Å². The lowest BCUT2D eigenvalue weighted by molar-refractivity contribution is 1.000. The van der Waals surface area contributed by atoms with E-state index >= 15 is 0 Å². The van der Waals surface area contributed by atoms with Crippen molar-refractivity contribution < 1.29 is 0 Å². The molecule has 0 nitrogen and oxygen atoms in total. The molecule has 0 amide bonds. The molecule has 25 heavy (non-hydrogen) atoms. The Kier molecular flexibility index (Phi) is 8.22. The van der Waals surface area contributed by atoms with Crippen molar-refractivity contribution in [2.24, 2.45) is 0 Å². The van der Waals surface area contributed by atoms with Crippen LogP contribution in [0.25, 0.3) is 0 Å². The summed E-state index contributed by atoms with van der Waals surface area (Å²) >= 11 is 0. The lowest BCUT2D eigenvalue weighted by Gasteiger charge is -2.16. The van der Waals surface area contributed by atoms with Gasteiger partial charge < -0.3 is 0 Å². The van der Waals surface area contributed by atoms with Crippen LogP contribution in [-0.2, 0) is 6.42 Å². The molecule has 2 heteroatoms. The Morgan fingerprint density at radius 1 is 0.600 bits per heavy atom. The highest BCUT2D eigenvalue weighted by Crippen LogP contribution is 2.33. The third-order valence-electron chi connectivity index (χ3n) is 4.03. The Balaban J connectivity index is 0.00000225. The summed E-state index contributed by atoms with van der Waals surface area (Å²) in [7, 11) is -0.309. The van der Waals surface area contributed by atoms with Gasteiger partial charge in [-0.3, -0.25) is 0 Å². The van der Waals surface area contributed by atoms with Crippen LogP contribution in [0.15, 0.2) is 103 Å². The van der Waals surface area contributed by atoms with Crippen LogP contribution in [0, 0.1) is 0 Å². The first-order valence-electron chi connectivity index (χ1n) is 8.50. The van der Waals surface area contributed by atoms with Gasteiger partial charge in [0.2, 0.25) is 0 Å². The quantitative estimate of drug-likeness (QED) is 0.325. The maximum Gasteiger partial charge on any atom is 0 e. The number of hydrogen-bond acceptors (Lipinski definition) is 0. The van der Waals surface area contributed by atoms with Crippen LogP contribution in [0.2, 0.25) is 0 Å². The molecule has 0 atom stereocenters. The first kappa shape index (κ1) is 19.2. The van der Waals surface area contributed by atoms with E-state index in [9.17, 15) is 0 Å². The van der Waals surface area contributed by atoms with E-state index < -0.39 is 0 Å². The van der Waals surface area contributed by atoms with Gasteiger partial charge in [0, 0.05) is 8.41 Å². The number of benzene rings is 3. The van der Waals surface area contributed by atoms with E-state index in [0.717, 1.165) is 19.0 Å².